The van der Waals surface area contributed by atoms with Crippen LogP contribution in [0, 0.1) is 0 Å². The smallest absolute Gasteiger partial charge is 0.296 e. The molecule has 0 saturated carbocycles. The number of halogens is 1. The number of pyridine rings is 1. The predicted octanol–water partition coefficient (Wildman–Crippen LogP) is 4.39. The maximum atomic E-state index is 13.4. The zero-order valence-corrected chi connectivity index (χ0v) is 21.4. The lowest BCUT2D eigenvalue weighted by Gasteiger charge is -2.26. The van der Waals surface area contributed by atoms with Crippen molar-refractivity contribution in [2.75, 3.05) is 28.4 Å². The Morgan fingerprint density at radius 1 is 0.973 bits per heavy atom. The van der Waals surface area contributed by atoms with Crippen molar-refractivity contribution < 1.29 is 33.6 Å². The molecule has 1 aliphatic rings. The van der Waals surface area contributed by atoms with Gasteiger partial charge in [0.1, 0.15) is 11.5 Å². The molecule has 0 spiro atoms. The van der Waals surface area contributed by atoms with Gasteiger partial charge in [0.25, 0.3) is 11.7 Å². The van der Waals surface area contributed by atoms with Crippen molar-refractivity contribution >= 4 is 29.1 Å². The Labute approximate surface area is 218 Å². The molecule has 0 aliphatic carbocycles. The van der Waals surface area contributed by atoms with E-state index >= 15 is 0 Å². The summed E-state index contributed by atoms with van der Waals surface area (Å²) >= 11 is 6.38. The van der Waals surface area contributed by atoms with Crippen molar-refractivity contribution in [3.05, 3.63) is 82.1 Å². The number of carbonyl (C=O) groups excluding carboxylic acids is 2. The fourth-order valence-electron chi connectivity index (χ4n) is 4.27. The number of amides is 1. The molecule has 0 radical (unpaired) electrons. The highest BCUT2D eigenvalue weighted by Gasteiger charge is 2.47. The lowest BCUT2D eigenvalue weighted by atomic mass is 9.94. The highest BCUT2D eigenvalue weighted by atomic mass is 35.5. The van der Waals surface area contributed by atoms with Gasteiger partial charge in [-0.1, -0.05) is 17.7 Å². The normalized spacial score (nSPS) is 16.6. The lowest BCUT2D eigenvalue weighted by molar-refractivity contribution is -0.140. The van der Waals surface area contributed by atoms with Crippen molar-refractivity contribution in [1.29, 1.82) is 0 Å². The van der Waals surface area contributed by atoms with Crippen LogP contribution >= 0.6 is 11.6 Å². The van der Waals surface area contributed by atoms with E-state index in [1.54, 1.807) is 42.6 Å². The molecule has 2 heterocycles. The fourth-order valence-corrected chi connectivity index (χ4v) is 4.48. The van der Waals surface area contributed by atoms with E-state index in [1.807, 2.05) is 0 Å². The van der Waals surface area contributed by atoms with Crippen LogP contribution in [0.5, 0.6) is 23.0 Å². The van der Waals surface area contributed by atoms with Crippen LogP contribution in [0.3, 0.4) is 0 Å². The number of hydrogen-bond donors (Lipinski definition) is 1. The molecule has 1 atom stereocenters. The maximum Gasteiger partial charge on any atom is 0.296 e. The van der Waals surface area contributed by atoms with Crippen molar-refractivity contribution in [2.24, 2.45) is 0 Å². The number of aliphatic hydroxyl groups excluding tert-OH is 1. The minimum atomic E-state index is -1.02. The number of ketones is 1. The molecular formula is C27H25ClN2O7. The molecule has 1 aliphatic heterocycles. The molecule has 1 unspecified atom stereocenters. The van der Waals surface area contributed by atoms with Crippen LogP contribution in [-0.4, -0.2) is 55.1 Å². The quantitative estimate of drug-likeness (QED) is 0.262. The van der Waals surface area contributed by atoms with Crippen molar-refractivity contribution in [1.82, 2.24) is 9.88 Å². The number of likely N-dealkylation sites (tertiary alicyclic amines) is 1. The molecule has 1 amide bonds. The van der Waals surface area contributed by atoms with E-state index in [2.05, 4.69) is 4.98 Å². The Balaban J connectivity index is 1.98. The summed E-state index contributed by atoms with van der Waals surface area (Å²) in [4.78, 5) is 32.4. The van der Waals surface area contributed by atoms with Crippen LogP contribution in [0.2, 0.25) is 5.02 Å². The average molecular weight is 525 g/mol. The second-order valence-corrected chi connectivity index (χ2v) is 8.46. The number of benzene rings is 2. The zero-order chi connectivity index (χ0) is 26.7. The first kappa shape index (κ1) is 25.8. The van der Waals surface area contributed by atoms with Gasteiger partial charge in [0.15, 0.2) is 11.5 Å². The summed E-state index contributed by atoms with van der Waals surface area (Å²) in [7, 11) is 5.86. The van der Waals surface area contributed by atoms with Crippen LogP contribution in [0.4, 0.5) is 0 Å². The Bertz CT molecular complexity index is 1350. The van der Waals surface area contributed by atoms with Crippen LogP contribution in [0.15, 0.2) is 60.3 Å². The van der Waals surface area contributed by atoms with Gasteiger partial charge in [0.05, 0.1) is 57.3 Å². The summed E-state index contributed by atoms with van der Waals surface area (Å²) in [6, 6.07) is 12.2. The van der Waals surface area contributed by atoms with Crippen LogP contribution in [0.1, 0.15) is 22.9 Å². The molecule has 0 bridgehead atoms. The molecule has 1 N–H and O–H groups in total. The Kier molecular flexibility index (Phi) is 7.54. The number of methoxy groups -OCH3 is 4. The van der Waals surface area contributed by atoms with Gasteiger partial charge < -0.3 is 29.0 Å². The van der Waals surface area contributed by atoms with Gasteiger partial charge in [-0.05, 0) is 48.0 Å². The van der Waals surface area contributed by atoms with Crippen molar-refractivity contribution in [2.45, 2.75) is 12.6 Å². The van der Waals surface area contributed by atoms with Gasteiger partial charge >= 0.3 is 0 Å². The summed E-state index contributed by atoms with van der Waals surface area (Å²) in [5, 5.41) is 11.6. The van der Waals surface area contributed by atoms with Gasteiger partial charge in [-0.2, -0.15) is 0 Å². The summed E-state index contributed by atoms with van der Waals surface area (Å²) in [6.45, 7) is 0.00929. The van der Waals surface area contributed by atoms with E-state index in [9.17, 15) is 14.7 Å². The van der Waals surface area contributed by atoms with Crippen LogP contribution in [-0.2, 0) is 16.1 Å². The molecule has 2 aromatic carbocycles. The molecule has 1 fully saturated rings. The highest BCUT2D eigenvalue weighted by molar-refractivity contribution is 6.47. The first-order valence-electron chi connectivity index (χ1n) is 11.2. The van der Waals surface area contributed by atoms with E-state index in [1.165, 1.54) is 45.5 Å². The monoisotopic (exact) mass is 524 g/mol. The van der Waals surface area contributed by atoms with Gasteiger partial charge in [-0.15, -0.1) is 0 Å². The molecule has 1 saturated heterocycles. The number of rotatable bonds is 8. The zero-order valence-electron chi connectivity index (χ0n) is 20.6. The van der Waals surface area contributed by atoms with E-state index in [0.717, 1.165) is 0 Å². The third-order valence-electron chi connectivity index (χ3n) is 6.03. The SMILES string of the molecule is COc1ccc(Cl)c(/C(O)=C2\C(=O)C(=O)N(Cc3ccccn3)C2c2cc(OC)c(OC)c(OC)c2)c1. The van der Waals surface area contributed by atoms with Gasteiger partial charge in [-0.25, -0.2) is 0 Å². The van der Waals surface area contributed by atoms with Gasteiger partial charge in [0.2, 0.25) is 5.75 Å². The second-order valence-electron chi connectivity index (χ2n) is 8.05. The van der Waals surface area contributed by atoms with Gasteiger partial charge in [-0.3, -0.25) is 14.6 Å². The number of Topliss-reactive ketones (excluding diaryl/α,β-unsaturated/α-hetero) is 1. The van der Waals surface area contributed by atoms with E-state index in [4.69, 9.17) is 30.5 Å². The molecule has 192 valence electrons. The molecule has 4 rings (SSSR count). The van der Waals surface area contributed by atoms with E-state index in [0.29, 0.717) is 34.3 Å². The van der Waals surface area contributed by atoms with E-state index in [-0.39, 0.29) is 22.7 Å². The summed E-state index contributed by atoms with van der Waals surface area (Å²) in [5.41, 5.74) is 1.01. The number of hydrogen-bond acceptors (Lipinski definition) is 8. The van der Waals surface area contributed by atoms with Gasteiger partial charge in [0, 0.05) is 11.8 Å². The first-order valence-corrected chi connectivity index (χ1v) is 11.5. The minimum absolute atomic E-state index is 0.00929. The molecule has 9 nitrogen and oxygen atoms in total. The number of nitrogens with zero attached hydrogens (tertiary/aromatic N) is 2. The predicted molar refractivity (Wildman–Crippen MR) is 136 cm³/mol. The standard InChI is InChI=1S/C27H25ClN2O7/c1-34-17-8-9-19(28)18(13-17)24(31)22-23(15-11-20(35-2)26(37-4)21(12-15)36-3)30(27(33)25(22)32)14-16-7-5-6-10-29-16/h5-13,23,31H,14H2,1-4H3/b24-22+. The number of ether oxygens (including phenoxy) is 4. The Morgan fingerprint density at radius 2 is 1.68 bits per heavy atom. The third kappa shape index (κ3) is 4.77. The Morgan fingerprint density at radius 3 is 2.24 bits per heavy atom. The maximum absolute atomic E-state index is 13.4. The topological polar surface area (TPSA) is 107 Å². The molecular weight excluding hydrogens is 500 g/mol. The fraction of sp³-hybridized carbons (Fsp3) is 0.222. The molecule has 10 heteroatoms. The van der Waals surface area contributed by atoms with Crippen molar-refractivity contribution in [3.63, 3.8) is 0 Å². The minimum Gasteiger partial charge on any atom is -0.507 e. The number of carbonyl (C=O) groups is 2. The second kappa shape index (κ2) is 10.8. The molecule has 3 aromatic rings. The van der Waals surface area contributed by atoms with E-state index < -0.39 is 23.5 Å². The molecule has 37 heavy (non-hydrogen) atoms. The van der Waals surface area contributed by atoms with Crippen molar-refractivity contribution in [3.8, 4) is 23.0 Å². The number of aliphatic hydroxyl groups is 1. The average Bonchev–Trinajstić information content (AvgIpc) is 3.17. The lowest BCUT2D eigenvalue weighted by Crippen LogP contribution is -2.29. The largest absolute Gasteiger partial charge is 0.507 e. The summed E-state index contributed by atoms with van der Waals surface area (Å²) in [6.07, 6.45) is 1.59. The van der Waals surface area contributed by atoms with Crippen LogP contribution < -0.4 is 18.9 Å². The summed E-state index contributed by atoms with van der Waals surface area (Å²) in [5.74, 6) is -0.718. The first-order chi connectivity index (χ1) is 17.8. The van der Waals surface area contributed by atoms with Crippen LogP contribution in [0.25, 0.3) is 5.76 Å². The Hall–Kier alpha value is -4.24. The summed E-state index contributed by atoms with van der Waals surface area (Å²) < 4.78 is 21.7. The molecule has 1 aromatic heterocycles. The number of aromatic nitrogens is 1. The third-order valence-corrected chi connectivity index (χ3v) is 6.36. The highest BCUT2D eigenvalue weighted by Crippen LogP contribution is 2.46.